The van der Waals surface area contributed by atoms with Crippen molar-refractivity contribution in [3.05, 3.63) is 36.2 Å². The lowest BCUT2D eigenvalue weighted by Gasteiger charge is -2.12. The van der Waals surface area contributed by atoms with Gasteiger partial charge >= 0.3 is 0 Å². The van der Waals surface area contributed by atoms with Crippen LogP contribution < -0.4 is 4.90 Å². The van der Waals surface area contributed by atoms with Crippen molar-refractivity contribution in [3.8, 4) is 0 Å². The maximum Gasteiger partial charge on any atom is 0.231 e. The number of pyridine rings is 1. The van der Waals surface area contributed by atoms with Gasteiger partial charge in [0, 0.05) is 24.8 Å². The van der Waals surface area contributed by atoms with Crippen molar-refractivity contribution in [2.24, 2.45) is 0 Å². The van der Waals surface area contributed by atoms with Crippen molar-refractivity contribution in [1.82, 2.24) is 4.98 Å². The van der Waals surface area contributed by atoms with E-state index in [1.54, 1.807) is 11.1 Å². The molecule has 2 heterocycles. The summed E-state index contributed by atoms with van der Waals surface area (Å²) in [5.41, 5.74) is 2.12. The van der Waals surface area contributed by atoms with E-state index in [1.165, 1.54) is 0 Å². The molecular formula is C12H10N2O. The van der Waals surface area contributed by atoms with Gasteiger partial charge in [0.1, 0.15) is 0 Å². The summed E-state index contributed by atoms with van der Waals surface area (Å²) in [6.45, 7) is 0. The average Bonchev–Trinajstić information content (AvgIpc) is 2.55. The number of likely N-dealkylation sites (N-methyl/N-ethyl adjacent to an activating group) is 1. The average molecular weight is 198 g/mol. The van der Waals surface area contributed by atoms with E-state index in [9.17, 15) is 4.79 Å². The van der Waals surface area contributed by atoms with Crippen LogP contribution in [0.1, 0.15) is 5.56 Å². The Hall–Kier alpha value is -1.90. The molecule has 0 radical (unpaired) electrons. The number of aromatic nitrogens is 1. The van der Waals surface area contributed by atoms with Gasteiger partial charge in [0.05, 0.1) is 12.1 Å². The minimum atomic E-state index is 0.154. The molecule has 0 fully saturated rings. The van der Waals surface area contributed by atoms with Crippen LogP contribution in [0, 0.1) is 0 Å². The van der Waals surface area contributed by atoms with Crippen LogP contribution >= 0.6 is 0 Å². The highest BCUT2D eigenvalue weighted by molar-refractivity contribution is 6.10. The smallest absolute Gasteiger partial charge is 0.231 e. The number of rotatable bonds is 0. The predicted molar refractivity (Wildman–Crippen MR) is 58.9 cm³/mol. The molecule has 1 aliphatic rings. The number of nitrogens with zero attached hydrogens (tertiary/aromatic N) is 2. The van der Waals surface area contributed by atoms with E-state index in [4.69, 9.17) is 0 Å². The predicted octanol–water partition coefficient (Wildman–Crippen LogP) is 1.75. The van der Waals surface area contributed by atoms with Crippen LogP contribution in [0.4, 0.5) is 5.69 Å². The van der Waals surface area contributed by atoms with Crippen molar-refractivity contribution >= 4 is 22.4 Å². The topological polar surface area (TPSA) is 33.2 Å². The number of carbonyl (C=O) groups excluding carboxylic acids is 1. The number of amides is 1. The Kier molecular flexibility index (Phi) is 1.57. The van der Waals surface area contributed by atoms with Crippen LogP contribution in [-0.2, 0) is 11.2 Å². The molecule has 3 nitrogen and oxygen atoms in total. The van der Waals surface area contributed by atoms with Crippen LogP contribution in [0.2, 0.25) is 0 Å². The zero-order chi connectivity index (χ0) is 10.4. The number of hydrogen-bond acceptors (Lipinski definition) is 2. The molecule has 2 aromatic rings. The normalized spacial score (nSPS) is 14.7. The Balaban J connectivity index is 2.40. The molecule has 1 aromatic carbocycles. The quantitative estimate of drug-likeness (QED) is 0.646. The van der Waals surface area contributed by atoms with Gasteiger partial charge in [-0.05, 0) is 17.0 Å². The first-order valence-electron chi connectivity index (χ1n) is 4.89. The monoisotopic (exact) mass is 198 g/mol. The van der Waals surface area contributed by atoms with E-state index in [-0.39, 0.29) is 5.91 Å². The third kappa shape index (κ3) is 1.06. The van der Waals surface area contributed by atoms with Crippen molar-refractivity contribution in [1.29, 1.82) is 0 Å². The van der Waals surface area contributed by atoms with E-state index in [2.05, 4.69) is 4.98 Å². The molecule has 0 spiro atoms. The van der Waals surface area contributed by atoms with E-state index in [0.29, 0.717) is 6.42 Å². The second-order valence-electron chi connectivity index (χ2n) is 3.80. The van der Waals surface area contributed by atoms with Gasteiger partial charge in [-0.15, -0.1) is 0 Å². The van der Waals surface area contributed by atoms with Gasteiger partial charge < -0.3 is 4.90 Å². The van der Waals surface area contributed by atoms with Gasteiger partial charge in [0.25, 0.3) is 0 Å². The largest absolute Gasteiger partial charge is 0.314 e. The number of carbonyl (C=O) groups is 1. The number of fused-ring (bicyclic) bond motifs is 3. The lowest BCUT2D eigenvalue weighted by Crippen LogP contribution is -2.20. The molecule has 0 unspecified atom stereocenters. The Labute approximate surface area is 87.3 Å². The van der Waals surface area contributed by atoms with Crippen molar-refractivity contribution in [2.75, 3.05) is 11.9 Å². The van der Waals surface area contributed by atoms with Crippen LogP contribution in [0.3, 0.4) is 0 Å². The molecule has 3 rings (SSSR count). The summed E-state index contributed by atoms with van der Waals surface area (Å²) < 4.78 is 0. The Bertz CT molecular complexity index is 563. The molecule has 0 saturated carbocycles. The standard InChI is InChI=1S/C12H10N2O/c1-14-11(15)6-9-3-2-8-4-5-13-7-10(8)12(9)14/h2-5,7H,6H2,1H3. The summed E-state index contributed by atoms with van der Waals surface area (Å²) in [5, 5.41) is 2.19. The van der Waals surface area contributed by atoms with E-state index >= 15 is 0 Å². The Morgan fingerprint density at radius 1 is 1.33 bits per heavy atom. The minimum absolute atomic E-state index is 0.154. The van der Waals surface area contributed by atoms with Crippen molar-refractivity contribution in [2.45, 2.75) is 6.42 Å². The van der Waals surface area contributed by atoms with E-state index in [1.807, 2.05) is 31.4 Å². The second kappa shape index (κ2) is 2.79. The first-order valence-corrected chi connectivity index (χ1v) is 4.89. The van der Waals surface area contributed by atoms with Gasteiger partial charge in [-0.1, -0.05) is 12.1 Å². The molecular weight excluding hydrogens is 188 g/mol. The number of anilines is 1. The summed E-state index contributed by atoms with van der Waals surface area (Å²) in [6.07, 6.45) is 4.10. The zero-order valence-electron chi connectivity index (χ0n) is 8.40. The molecule has 15 heavy (non-hydrogen) atoms. The van der Waals surface area contributed by atoms with E-state index in [0.717, 1.165) is 22.0 Å². The van der Waals surface area contributed by atoms with Crippen LogP contribution in [0.15, 0.2) is 30.6 Å². The maximum atomic E-state index is 11.6. The van der Waals surface area contributed by atoms with Crippen molar-refractivity contribution in [3.63, 3.8) is 0 Å². The summed E-state index contributed by atoms with van der Waals surface area (Å²) >= 11 is 0. The fourth-order valence-electron chi connectivity index (χ4n) is 2.14. The van der Waals surface area contributed by atoms with Gasteiger partial charge in [0.2, 0.25) is 5.91 Å². The molecule has 0 saturated heterocycles. The molecule has 3 heteroatoms. The summed E-state index contributed by atoms with van der Waals surface area (Å²) in [6, 6.07) is 6.04. The number of benzene rings is 1. The summed E-state index contributed by atoms with van der Waals surface area (Å²) in [7, 11) is 1.82. The molecule has 74 valence electrons. The van der Waals surface area contributed by atoms with Crippen LogP contribution in [-0.4, -0.2) is 17.9 Å². The second-order valence-corrected chi connectivity index (χ2v) is 3.80. The lowest BCUT2D eigenvalue weighted by molar-refractivity contribution is -0.117. The van der Waals surface area contributed by atoms with Gasteiger partial charge in [0.15, 0.2) is 0 Å². The molecule has 0 bridgehead atoms. The number of hydrogen-bond donors (Lipinski definition) is 0. The summed E-state index contributed by atoms with van der Waals surface area (Å²) in [4.78, 5) is 17.4. The first kappa shape index (κ1) is 8.41. The molecule has 0 atom stereocenters. The van der Waals surface area contributed by atoms with Crippen molar-refractivity contribution < 1.29 is 4.79 Å². The Morgan fingerprint density at radius 3 is 3.07 bits per heavy atom. The van der Waals surface area contributed by atoms with Crippen LogP contribution in [0.5, 0.6) is 0 Å². The summed E-state index contributed by atoms with van der Waals surface area (Å²) in [5.74, 6) is 0.154. The molecule has 1 amide bonds. The SMILES string of the molecule is CN1C(=O)Cc2ccc3ccncc3c21. The zero-order valence-corrected chi connectivity index (χ0v) is 8.40. The lowest BCUT2D eigenvalue weighted by atomic mass is 10.1. The van der Waals surface area contributed by atoms with E-state index < -0.39 is 0 Å². The first-order chi connectivity index (χ1) is 7.27. The molecule has 0 aliphatic carbocycles. The molecule has 1 aliphatic heterocycles. The third-order valence-electron chi connectivity index (χ3n) is 2.93. The highest BCUT2D eigenvalue weighted by Gasteiger charge is 2.25. The molecule has 1 aromatic heterocycles. The van der Waals surface area contributed by atoms with Gasteiger partial charge in [-0.25, -0.2) is 0 Å². The molecule has 0 N–H and O–H groups in total. The van der Waals surface area contributed by atoms with Gasteiger partial charge in [-0.2, -0.15) is 0 Å². The maximum absolute atomic E-state index is 11.6. The highest BCUT2D eigenvalue weighted by atomic mass is 16.2. The fourth-order valence-corrected chi connectivity index (χ4v) is 2.14. The third-order valence-corrected chi connectivity index (χ3v) is 2.93. The Morgan fingerprint density at radius 2 is 2.20 bits per heavy atom. The highest BCUT2D eigenvalue weighted by Crippen LogP contribution is 2.34. The minimum Gasteiger partial charge on any atom is -0.314 e. The van der Waals surface area contributed by atoms with Crippen LogP contribution in [0.25, 0.3) is 10.8 Å². The fraction of sp³-hybridized carbons (Fsp3) is 0.167. The van der Waals surface area contributed by atoms with Gasteiger partial charge in [-0.3, -0.25) is 9.78 Å².